The Morgan fingerprint density at radius 1 is 1.36 bits per heavy atom. The van der Waals surface area contributed by atoms with E-state index in [1.54, 1.807) is 24.3 Å². The Bertz CT molecular complexity index is 349. The zero-order chi connectivity index (χ0) is 10.4. The fourth-order valence-corrected chi connectivity index (χ4v) is 1.19. The van der Waals surface area contributed by atoms with E-state index in [0.717, 1.165) is 18.4 Å². The number of carboxylic acid groups (broad SMARTS) is 1. The lowest BCUT2D eigenvalue weighted by molar-refractivity contribution is 0.0697. The van der Waals surface area contributed by atoms with E-state index in [1.165, 1.54) is 0 Å². The molecule has 0 fully saturated rings. The van der Waals surface area contributed by atoms with Crippen molar-refractivity contribution in [1.29, 1.82) is 5.26 Å². The topological polar surface area (TPSA) is 61.1 Å². The number of aromatic carboxylic acids is 1. The van der Waals surface area contributed by atoms with Crippen LogP contribution in [0.1, 0.15) is 28.8 Å². The number of carboxylic acids is 1. The summed E-state index contributed by atoms with van der Waals surface area (Å²) in [6.07, 6.45) is 2.19. The average molecular weight is 189 g/mol. The standard InChI is InChI=1S/C11H11NO2/c12-8-2-1-3-9-4-6-10(7-5-9)11(13)14/h4-7H,1-3H2,(H,13,14). The predicted octanol–water partition coefficient (Wildman–Crippen LogP) is 2.23. The van der Waals surface area contributed by atoms with Crippen LogP contribution in [-0.2, 0) is 6.42 Å². The normalized spacial score (nSPS) is 9.36. The second-order valence-electron chi connectivity index (χ2n) is 3.01. The van der Waals surface area contributed by atoms with E-state index in [9.17, 15) is 4.79 Å². The molecule has 0 atom stereocenters. The molecule has 0 heterocycles. The van der Waals surface area contributed by atoms with E-state index in [4.69, 9.17) is 10.4 Å². The van der Waals surface area contributed by atoms with Gasteiger partial charge in [-0.3, -0.25) is 0 Å². The van der Waals surface area contributed by atoms with E-state index < -0.39 is 5.97 Å². The first kappa shape index (κ1) is 10.3. The van der Waals surface area contributed by atoms with Gasteiger partial charge in [0.05, 0.1) is 11.6 Å². The highest BCUT2D eigenvalue weighted by atomic mass is 16.4. The first-order valence-electron chi connectivity index (χ1n) is 4.43. The summed E-state index contributed by atoms with van der Waals surface area (Å²) in [6, 6.07) is 8.83. The largest absolute Gasteiger partial charge is 0.478 e. The Morgan fingerprint density at radius 2 is 2.00 bits per heavy atom. The molecule has 72 valence electrons. The van der Waals surface area contributed by atoms with Gasteiger partial charge < -0.3 is 5.11 Å². The molecule has 0 saturated carbocycles. The molecule has 0 aliphatic rings. The summed E-state index contributed by atoms with van der Waals surface area (Å²) in [4.78, 5) is 10.5. The Hall–Kier alpha value is -1.82. The van der Waals surface area contributed by atoms with Crippen molar-refractivity contribution in [3.05, 3.63) is 35.4 Å². The molecular formula is C11H11NO2. The lowest BCUT2D eigenvalue weighted by Crippen LogP contribution is -1.95. The molecule has 0 aliphatic heterocycles. The highest BCUT2D eigenvalue weighted by Gasteiger charge is 2.00. The zero-order valence-corrected chi connectivity index (χ0v) is 7.73. The third-order valence-electron chi connectivity index (χ3n) is 1.95. The molecule has 1 N–H and O–H groups in total. The summed E-state index contributed by atoms with van der Waals surface area (Å²) in [7, 11) is 0. The van der Waals surface area contributed by atoms with Gasteiger partial charge in [0.25, 0.3) is 0 Å². The van der Waals surface area contributed by atoms with Gasteiger partial charge >= 0.3 is 5.97 Å². The van der Waals surface area contributed by atoms with E-state index >= 15 is 0 Å². The van der Waals surface area contributed by atoms with Gasteiger partial charge in [-0.2, -0.15) is 5.26 Å². The van der Waals surface area contributed by atoms with Gasteiger partial charge in [0.2, 0.25) is 0 Å². The fraction of sp³-hybridized carbons (Fsp3) is 0.273. The number of aryl methyl sites for hydroxylation is 1. The van der Waals surface area contributed by atoms with Crippen molar-refractivity contribution < 1.29 is 9.90 Å². The minimum atomic E-state index is -0.909. The van der Waals surface area contributed by atoms with Crippen molar-refractivity contribution >= 4 is 5.97 Å². The number of unbranched alkanes of at least 4 members (excludes halogenated alkanes) is 1. The Balaban J connectivity index is 2.56. The van der Waals surface area contributed by atoms with Gasteiger partial charge in [0.15, 0.2) is 0 Å². The molecule has 0 aliphatic carbocycles. The molecule has 3 nitrogen and oxygen atoms in total. The molecule has 1 aromatic carbocycles. The van der Waals surface area contributed by atoms with Gasteiger partial charge in [0.1, 0.15) is 0 Å². The number of carbonyl (C=O) groups is 1. The van der Waals surface area contributed by atoms with E-state index in [0.29, 0.717) is 12.0 Å². The lowest BCUT2D eigenvalue weighted by Gasteiger charge is -1.99. The molecule has 0 saturated heterocycles. The van der Waals surface area contributed by atoms with Crippen LogP contribution in [0.4, 0.5) is 0 Å². The fourth-order valence-electron chi connectivity index (χ4n) is 1.19. The summed E-state index contributed by atoms with van der Waals surface area (Å²) < 4.78 is 0. The van der Waals surface area contributed by atoms with Crippen molar-refractivity contribution in [3.63, 3.8) is 0 Å². The predicted molar refractivity (Wildman–Crippen MR) is 52.0 cm³/mol. The maximum Gasteiger partial charge on any atom is 0.335 e. The Kier molecular flexibility index (Phi) is 3.69. The van der Waals surface area contributed by atoms with Crippen LogP contribution in [0.15, 0.2) is 24.3 Å². The molecular weight excluding hydrogens is 178 g/mol. The van der Waals surface area contributed by atoms with Gasteiger partial charge in [-0.25, -0.2) is 4.79 Å². The summed E-state index contributed by atoms with van der Waals surface area (Å²) in [5.74, 6) is -0.909. The number of hydrogen-bond donors (Lipinski definition) is 1. The number of benzene rings is 1. The quantitative estimate of drug-likeness (QED) is 0.739. The van der Waals surface area contributed by atoms with Crippen molar-refractivity contribution in [2.24, 2.45) is 0 Å². The lowest BCUT2D eigenvalue weighted by atomic mass is 10.1. The number of nitrogens with zero attached hydrogens (tertiary/aromatic N) is 1. The first-order chi connectivity index (χ1) is 6.74. The van der Waals surface area contributed by atoms with Crippen LogP contribution in [0.3, 0.4) is 0 Å². The van der Waals surface area contributed by atoms with Gasteiger partial charge in [0, 0.05) is 6.42 Å². The van der Waals surface area contributed by atoms with E-state index in [1.807, 2.05) is 0 Å². The first-order valence-corrected chi connectivity index (χ1v) is 4.43. The van der Waals surface area contributed by atoms with Crippen molar-refractivity contribution in [3.8, 4) is 6.07 Å². The molecule has 3 heteroatoms. The Morgan fingerprint density at radius 3 is 2.50 bits per heavy atom. The third-order valence-corrected chi connectivity index (χ3v) is 1.95. The Labute approximate surface area is 82.6 Å². The molecule has 0 aromatic heterocycles. The second-order valence-corrected chi connectivity index (χ2v) is 3.01. The SMILES string of the molecule is N#CCCCc1ccc(C(=O)O)cc1. The molecule has 0 spiro atoms. The maximum absolute atomic E-state index is 10.5. The molecule has 14 heavy (non-hydrogen) atoms. The van der Waals surface area contributed by atoms with E-state index in [2.05, 4.69) is 6.07 Å². The number of hydrogen-bond acceptors (Lipinski definition) is 2. The van der Waals surface area contributed by atoms with Crippen LogP contribution in [0, 0.1) is 11.3 Å². The summed E-state index contributed by atoms with van der Waals surface area (Å²) in [5.41, 5.74) is 1.37. The van der Waals surface area contributed by atoms with Crippen LogP contribution in [0.2, 0.25) is 0 Å². The monoisotopic (exact) mass is 189 g/mol. The summed E-state index contributed by atoms with van der Waals surface area (Å²) in [5, 5.41) is 17.0. The van der Waals surface area contributed by atoms with Crippen LogP contribution < -0.4 is 0 Å². The molecule has 0 bridgehead atoms. The second kappa shape index (κ2) is 5.03. The minimum absolute atomic E-state index is 0.300. The highest BCUT2D eigenvalue weighted by molar-refractivity contribution is 5.87. The van der Waals surface area contributed by atoms with Gasteiger partial charge in [-0.15, -0.1) is 0 Å². The number of rotatable bonds is 4. The van der Waals surface area contributed by atoms with Crippen LogP contribution in [0.25, 0.3) is 0 Å². The summed E-state index contributed by atoms with van der Waals surface area (Å²) in [6.45, 7) is 0. The molecule has 0 radical (unpaired) electrons. The van der Waals surface area contributed by atoms with Crippen molar-refractivity contribution in [1.82, 2.24) is 0 Å². The van der Waals surface area contributed by atoms with Crippen molar-refractivity contribution in [2.75, 3.05) is 0 Å². The molecule has 1 rings (SSSR count). The van der Waals surface area contributed by atoms with Crippen molar-refractivity contribution in [2.45, 2.75) is 19.3 Å². The van der Waals surface area contributed by atoms with Crippen LogP contribution >= 0.6 is 0 Å². The van der Waals surface area contributed by atoms with Gasteiger partial charge in [-0.1, -0.05) is 12.1 Å². The van der Waals surface area contributed by atoms with Crippen LogP contribution in [-0.4, -0.2) is 11.1 Å². The van der Waals surface area contributed by atoms with Gasteiger partial charge in [-0.05, 0) is 30.5 Å². The van der Waals surface area contributed by atoms with Crippen LogP contribution in [0.5, 0.6) is 0 Å². The minimum Gasteiger partial charge on any atom is -0.478 e. The molecule has 1 aromatic rings. The smallest absolute Gasteiger partial charge is 0.335 e. The average Bonchev–Trinajstić information content (AvgIpc) is 2.19. The third kappa shape index (κ3) is 2.91. The zero-order valence-electron chi connectivity index (χ0n) is 7.73. The maximum atomic E-state index is 10.5. The van der Waals surface area contributed by atoms with E-state index in [-0.39, 0.29) is 0 Å². The molecule has 0 amide bonds. The molecule has 0 unspecified atom stereocenters. The highest BCUT2D eigenvalue weighted by Crippen LogP contribution is 2.07. The number of nitriles is 1. The summed E-state index contributed by atoms with van der Waals surface area (Å²) >= 11 is 0.